The number of halogens is 3. The molecule has 9 heteroatoms. The van der Waals surface area contributed by atoms with Crippen molar-refractivity contribution >= 4 is 5.95 Å². The number of rotatable bonds is 3. The van der Waals surface area contributed by atoms with E-state index < -0.39 is 11.7 Å². The predicted molar refractivity (Wildman–Crippen MR) is 106 cm³/mol. The lowest BCUT2D eigenvalue weighted by atomic mass is 10.0. The predicted octanol–water partition coefficient (Wildman–Crippen LogP) is 4.57. The number of pyridine rings is 1. The van der Waals surface area contributed by atoms with Crippen LogP contribution in [0.5, 0.6) is 0 Å². The third-order valence-corrected chi connectivity index (χ3v) is 4.35. The minimum atomic E-state index is -4.37. The van der Waals surface area contributed by atoms with Crippen LogP contribution in [-0.2, 0) is 6.18 Å². The highest BCUT2D eigenvalue weighted by atomic mass is 19.4. The number of alkyl halides is 3. The van der Waals surface area contributed by atoms with Gasteiger partial charge >= 0.3 is 6.18 Å². The summed E-state index contributed by atoms with van der Waals surface area (Å²) in [6.07, 6.45) is 0.272. The Morgan fingerprint density at radius 3 is 2.13 bits per heavy atom. The highest BCUT2D eigenvalue weighted by Crippen LogP contribution is 2.32. The second-order valence-corrected chi connectivity index (χ2v) is 6.55. The smallest absolute Gasteiger partial charge is 0.368 e. The summed E-state index contributed by atoms with van der Waals surface area (Å²) in [6.45, 7) is 1.81. The van der Waals surface area contributed by atoms with Crippen molar-refractivity contribution < 1.29 is 13.2 Å². The Balaban J connectivity index is 1.72. The summed E-state index contributed by atoms with van der Waals surface area (Å²) in [5.41, 5.74) is 8.65. The largest absolute Gasteiger partial charge is 0.416 e. The van der Waals surface area contributed by atoms with Gasteiger partial charge in [-0.15, -0.1) is 0 Å². The molecule has 4 aromatic rings. The van der Waals surface area contributed by atoms with Gasteiger partial charge in [0.2, 0.25) is 5.95 Å². The van der Waals surface area contributed by atoms with Crippen molar-refractivity contribution in [1.29, 1.82) is 0 Å². The highest BCUT2D eigenvalue weighted by molar-refractivity contribution is 5.70. The molecule has 0 spiro atoms. The first kappa shape index (κ1) is 19.4. The topological polar surface area (TPSA) is 90.5 Å². The molecule has 2 N–H and O–H groups in total. The SMILES string of the molecule is Cc1cc(-c2ccc(C(F)(F)F)cc2)cc(-c2ccnc(-c3cnc(N)nc3)n2)n1. The number of benzene rings is 1. The van der Waals surface area contributed by atoms with Gasteiger partial charge in [0.05, 0.1) is 22.5 Å². The Labute approximate surface area is 169 Å². The molecule has 4 rings (SSSR count). The van der Waals surface area contributed by atoms with Gasteiger partial charge in [0.1, 0.15) is 0 Å². The van der Waals surface area contributed by atoms with Gasteiger partial charge in [-0.1, -0.05) is 12.1 Å². The minimum absolute atomic E-state index is 0.149. The van der Waals surface area contributed by atoms with Gasteiger partial charge in [-0.05, 0) is 48.4 Å². The van der Waals surface area contributed by atoms with Crippen LogP contribution in [0.15, 0.2) is 61.1 Å². The molecule has 0 aliphatic carbocycles. The maximum Gasteiger partial charge on any atom is 0.416 e. The maximum atomic E-state index is 12.8. The van der Waals surface area contributed by atoms with Gasteiger partial charge in [-0.2, -0.15) is 13.2 Å². The van der Waals surface area contributed by atoms with E-state index in [0.29, 0.717) is 34.0 Å². The summed E-state index contributed by atoms with van der Waals surface area (Å²) in [4.78, 5) is 21.2. The molecule has 0 bridgehead atoms. The summed E-state index contributed by atoms with van der Waals surface area (Å²) >= 11 is 0. The number of aromatic nitrogens is 5. The van der Waals surface area contributed by atoms with Crippen LogP contribution in [0.2, 0.25) is 0 Å². The quantitative estimate of drug-likeness (QED) is 0.534. The number of anilines is 1. The molecular weight excluding hydrogens is 393 g/mol. The summed E-state index contributed by atoms with van der Waals surface area (Å²) in [5.74, 6) is 0.559. The van der Waals surface area contributed by atoms with Crippen LogP contribution in [0.25, 0.3) is 33.9 Å². The molecule has 0 amide bonds. The van der Waals surface area contributed by atoms with Crippen LogP contribution in [0.3, 0.4) is 0 Å². The first-order valence-electron chi connectivity index (χ1n) is 8.87. The normalized spacial score (nSPS) is 11.5. The molecule has 30 heavy (non-hydrogen) atoms. The van der Waals surface area contributed by atoms with E-state index in [2.05, 4.69) is 24.9 Å². The van der Waals surface area contributed by atoms with E-state index in [1.54, 1.807) is 18.3 Å². The van der Waals surface area contributed by atoms with Gasteiger partial charge in [-0.25, -0.2) is 19.9 Å². The lowest BCUT2D eigenvalue weighted by Gasteiger charge is -2.10. The lowest BCUT2D eigenvalue weighted by Crippen LogP contribution is -2.04. The van der Waals surface area contributed by atoms with E-state index in [1.807, 2.05) is 13.0 Å². The lowest BCUT2D eigenvalue weighted by molar-refractivity contribution is -0.137. The molecule has 0 atom stereocenters. The van der Waals surface area contributed by atoms with E-state index in [4.69, 9.17) is 5.73 Å². The van der Waals surface area contributed by atoms with E-state index in [-0.39, 0.29) is 5.95 Å². The minimum Gasteiger partial charge on any atom is -0.368 e. The van der Waals surface area contributed by atoms with Crippen molar-refractivity contribution in [2.24, 2.45) is 0 Å². The zero-order valence-corrected chi connectivity index (χ0v) is 15.7. The maximum absolute atomic E-state index is 12.8. The molecule has 0 aliphatic rings. The Kier molecular flexibility index (Phi) is 4.86. The highest BCUT2D eigenvalue weighted by Gasteiger charge is 2.30. The van der Waals surface area contributed by atoms with Gasteiger partial charge in [0, 0.05) is 24.3 Å². The number of nitrogen functional groups attached to an aromatic ring is 1. The van der Waals surface area contributed by atoms with E-state index in [1.165, 1.54) is 24.5 Å². The average molecular weight is 408 g/mol. The van der Waals surface area contributed by atoms with Crippen LogP contribution in [0, 0.1) is 6.92 Å². The molecular formula is C21H15F3N6. The fourth-order valence-electron chi connectivity index (χ4n) is 2.91. The number of hydrogen-bond donors (Lipinski definition) is 1. The second-order valence-electron chi connectivity index (χ2n) is 6.55. The molecule has 150 valence electrons. The van der Waals surface area contributed by atoms with Crippen molar-refractivity contribution in [2.75, 3.05) is 5.73 Å². The summed E-state index contributed by atoms with van der Waals surface area (Å²) < 4.78 is 38.5. The Hall–Kier alpha value is -3.88. The van der Waals surface area contributed by atoms with Crippen LogP contribution >= 0.6 is 0 Å². The van der Waals surface area contributed by atoms with Crippen molar-refractivity contribution in [2.45, 2.75) is 13.1 Å². The molecule has 1 aromatic carbocycles. The van der Waals surface area contributed by atoms with E-state index in [0.717, 1.165) is 17.7 Å². The van der Waals surface area contributed by atoms with Crippen LogP contribution in [-0.4, -0.2) is 24.9 Å². The number of hydrogen-bond acceptors (Lipinski definition) is 6. The monoisotopic (exact) mass is 408 g/mol. The van der Waals surface area contributed by atoms with Crippen LogP contribution < -0.4 is 5.73 Å². The Bertz CT molecular complexity index is 1190. The molecule has 0 saturated heterocycles. The summed E-state index contributed by atoms with van der Waals surface area (Å²) in [5, 5.41) is 0. The van der Waals surface area contributed by atoms with Crippen molar-refractivity contribution in [1.82, 2.24) is 24.9 Å². The van der Waals surface area contributed by atoms with Crippen LogP contribution in [0.1, 0.15) is 11.3 Å². The summed E-state index contributed by atoms with van der Waals surface area (Å²) in [6, 6.07) is 10.3. The summed E-state index contributed by atoms with van der Waals surface area (Å²) in [7, 11) is 0. The van der Waals surface area contributed by atoms with Crippen LogP contribution in [0.4, 0.5) is 19.1 Å². The molecule has 3 heterocycles. The first-order valence-corrected chi connectivity index (χ1v) is 8.87. The van der Waals surface area contributed by atoms with Gasteiger partial charge in [0.25, 0.3) is 0 Å². The first-order chi connectivity index (χ1) is 14.3. The van der Waals surface area contributed by atoms with E-state index in [9.17, 15) is 13.2 Å². The third kappa shape index (κ3) is 4.09. The zero-order valence-electron chi connectivity index (χ0n) is 15.7. The standard InChI is InChI=1S/C21H15F3N6/c1-12-8-14(13-2-4-16(5-3-13)21(22,23)24)9-18(29-12)17-6-7-26-19(30-17)15-10-27-20(25)28-11-15/h2-11H,1H3,(H2,25,27,28). The second kappa shape index (κ2) is 7.51. The number of nitrogens with zero attached hydrogens (tertiary/aromatic N) is 5. The molecule has 0 aliphatic heterocycles. The van der Waals surface area contributed by atoms with Crippen molar-refractivity contribution in [3.05, 3.63) is 72.3 Å². The van der Waals surface area contributed by atoms with Crippen molar-refractivity contribution in [3.63, 3.8) is 0 Å². The number of aryl methyl sites for hydroxylation is 1. The molecule has 0 radical (unpaired) electrons. The number of nitrogens with two attached hydrogens (primary N) is 1. The molecule has 0 unspecified atom stereocenters. The van der Waals surface area contributed by atoms with E-state index >= 15 is 0 Å². The Morgan fingerprint density at radius 1 is 0.767 bits per heavy atom. The molecule has 3 aromatic heterocycles. The molecule has 0 fully saturated rings. The van der Waals surface area contributed by atoms with Crippen molar-refractivity contribution in [3.8, 4) is 33.9 Å². The van der Waals surface area contributed by atoms with Gasteiger partial charge in [-0.3, -0.25) is 4.98 Å². The van der Waals surface area contributed by atoms with Gasteiger partial charge < -0.3 is 5.73 Å². The fourth-order valence-corrected chi connectivity index (χ4v) is 2.91. The zero-order chi connectivity index (χ0) is 21.3. The van der Waals surface area contributed by atoms with Gasteiger partial charge in [0.15, 0.2) is 5.82 Å². The third-order valence-electron chi connectivity index (χ3n) is 4.35. The average Bonchev–Trinajstić information content (AvgIpc) is 2.73. The molecule has 6 nitrogen and oxygen atoms in total. The fraction of sp³-hybridized carbons (Fsp3) is 0.0952. The molecule has 0 saturated carbocycles. The Morgan fingerprint density at radius 2 is 1.47 bits per heavy atom.